The van der Waals surface area contributed by atoms with Crippen molar-refractivity contribution in [1.82, 2.24) is 4.90 Å². The Hall–Kier alpha value is -2.31. The number of likely N-dealkylation sites (tertiary alicyclic amines) is 1. The summed E-state index contributed by atoms with van der Waals surface area (Å²) < 4.78 is 40.0. The molecule has 2 nitrogen and oxygen atoms in total. The van der Waals surface area contributed by atoms with Gasteiger partial charge in [0.15, 0.2) is 0 Å². The lowest BCUT2D eigenvalue weighted by Gasteiger charge is -2.44. The summed E-state index contributed by atoms with van der Waals surface area (Å²) in [6.45, 7) is 4.22. The van der Waals surface area contributed by atoms with Gasteiger partial charge in [0.1, 0.15) is 0 Å². The molecule has 1 N–H and O–H groups in total. The van der Waals surface area contributed by atoms with Crippen molar-refractivity contribution in [2.45, 2.75) is 31.7 Å². The number of aliphatic hydroxyl groups is 1. The molecule has 3 aromatic rings. The summed E-state index contributed by atoms with van der Waals surface area (Å²) in [4.78, 5) is 2.21. The minimum atomic E-state index is -4.45. The van der Waals surface area contributed by atoms with E-state index in [0.29, 0.717) is 34.3 Å². The number of benzene rings is 3. The Bertz CT molecular complexity index is 1140. The molecule has 1 saturated heterocycles. The summed E-state index contributed by atoms with van der Waals surface area (Å²) >= 11 is 12.2. The van der Waals surface area contributed by atoms with Crippen molar-refractivity contribution in [2.75, 3.05) is 13.1 Å². The van der Waals surface area contributed by atoms with Crippen LogP contribution in [0.25, 0.3) is 5.57 Å². The molecule has 34 heavy (non-hydrogen) atoms. The summed E-state index contributed by atoms with van der Waals surface area (Å²) in [6, 6.07) is 20.3. The quantitative estimate of drug-likeness (QED) is 0.385. The zero-order valence-electron chi connectivity index (χ0n) is 18.7. The van der Waals surface area contributed by atoms with Crippen molar-refractivity contribution in [2.24, 2.45) is 0 Å². The summed E-state index contributed by atoms with van der Waals surface area (Å²) in [5.74, 6) is 0. The van der Waals surface area contributed by atoms with E-state index in [-0.39, 0.29) is 6.04 Å². The molecule has 0 aromatic heterocycles. The van der Waals surface area contributed by atoms with E-state index in [1.54, 1.807) is 19.9 Å². The van der Waals surface area contributed by atoms with Crippen molar-refractivity contribution in [3.63, 3.8) is 0 Å². The van der Waals surface area contributed by atoms with Gasteiger partial charge >= 0.3 is 6.18 Å². The molecule has 3 aromatic carbocycles. The number of halogens is 5. The van der Waals surface area contributed by atoms with E-state index in [1.807, 2.05) is 48.5 Å². The predicted molar refractivity (Wildman–Crippen MR) is 131 cm³/mol. The zero-order chi connectivity index (χ0) is 24.7. The van der Waals surface area contributed by atoms with E-state index in [2.05, 4.69) is 4.90 Å². The number of alkyl halides is 3. The fourth-order valence-electron chi connectivity index (χ4n) is 4.53. The van der Waals surface area contributed by atoms with Crippen LogP contribution in [-0.2, 0) is 6.18 Å². The molecule has 1 aliphatic heterocycles. The van der Waals surface area contributed by atoms with Crippen LogP contribution in [0.3, 0.4) is 0 Å². The largest absolute Gasteiger partial charge is 0.416 e. The monoisotopic (exact) mass is 505 g/mol. The Morgan fingerprint density at radius 1 is 0.853 bits per heavy atom. The molecule has 7 heteroatoms. The highest BCUT2D eigenvalue weighted by atomic mass is 35.5. The van der Waals surface area contributed by atoms with Gasteiger partial charge in [0.2, 0.25) is 0 Å². The van der Waals surface area contributed by atoms with Crippen LogP contribution < -0.4 is 0 Å². The van der Waals surface area contributed by atoms with Crippen molar-refractivity contribution in [1.29, 1.82) is 0 Å². The van der Waals surface area contributed by atoms with E-state index in [4.69, 9.17) is 23.2 Å². The second kappa shape index (κ2) is 9.38. The normalized spacial score (nSPS) is 14.9. The molecule has 178 valence electrons. The first-order valence-corrected chi connectivity index (χ1v) is 11.6. The van der Waals surface area contributed by atoms with E-state index in [9.17, 15) is 18.3 Å². The first-order valence-electron chi connectivity index (χ1n) is 10.8. The maximum Gasteiger partial charge on any atom is 0.416 e. The van der Waals surface area contributed by atoms with Gasteiger partial charge in [0.05, 0.1) is 17.2 Å². The summed E-state index contributed by atoms with van der Waals surface area (Å²) in [5.41, 5.74) is 1.85. The first kappa shape index (κ1) is 24.8. The number of nitrogens with zero attached hydrogens (tertiary/aromatic N) is 1. The molecule has 1 fully saturated rings. The Kier molecular flexibility index (Phi) is 6.85. The molecule has 0 saturated carbocycles. The molecule has 0 aliphatic carbocycles. The molecule has 1 aliphatic rings. The van der Waals surface area contributed by atoms with Crippen molar-refractivity contribution < 1.29 is 18.3 Å². The fraction of sp³-hybridized carbons (Fsp3) is 0.259. The zero-order valence-corrected chi connectivity index (χ0v) is 20.2. The van der Waals surface area contributed by atoms with Gasteiger partial charge < -0.3 is 5.11 Å². The molecule has 0 amide bonds. The van der Waals surface area contributed by atoms with Gasteiger partial charge in [-0.3, -0.25) is 4.90 Å². The third-order valence-electron chi connectivity index (χ3n) is 5.97. The van der Waals surface area contributed by atoms with Gasteiger partial charge in [-0.15, -0.1) is 0 Å². The van der Waals surface area contributed by atoms with Crippen LogP contribution in [0, 0.1) is 0 Å². The highest BCUT2D eigenvalue weighted by Crippen LogP contribution is 2.41. The van der Waals surface area contributed by atoms with Gasteiger partial charge in [-0.2, -0.15) is 13.2 Å². The van der Waals surface area contributed by atoms with Crippen molar-refractivity contribution in [3.05, 3.63) is 111 Å². The van der Waals surface area contributed by atoms with Gasteiger partial charge in [-0.1, -0.05) is 59.6 Å². The van der Waals surface area contributed by atoms with Gasteiger partial charge in [-0.25, -0.2) is 0 Å². The average molecular weight is 506 g/mol. The van der Waals surface area contributed by atoms with Crippen LogP contribution in [-0.4, -0.2) is 28.7 Å². The van der Waals surface area contributed by atoms with Crippen LogP contribution >= 0.6 is 23.2 Å². The molecule has 0 spiro atoms. The minimum Gasteiger partial charge on any atom is -0.386 e. The predicted octanol–water partition coefficient (Wildman–Crippen LogP) is 7.64. The van der Waals surface area contributed by atoms with Crippen LogP contribution in [0.1, 0.15) is 42.1 Å². The van der Waals surface area contributed by atoms with Gasteiger partial charge in [0, 0.05) is 23.1 Å². The summed E-state index contributed by atoms with van der Waals surface area (Å²) in [5, 5.41) is 12.2. The fourth-order valence-corrected chi connectivity index (χ4v) is 4.78. The van der Waals surface area contributed by atoms with Crippen molar-refractivity contribution >= 4 is 28.8 Å². The second-order valence-corrected chi connectivity index (χ2v) is 9.90. The lowest BCUT2D eigenvalue weighted by Crippen LogP contribution is -2.45. The lowest BCUT2D eigenvalue weighted by molar-refractivity contribution is -0.137. The minimum absolute atomic E-state index is 0.0946. The highest BCUT2D eigenvalue weighted by molar-refractivity contribution is 6.30. The molecular formula is C27H24Cl2F3NO. The number of hydrogen-bond donors (Lipinski definition) is 1. The van der Waals surface area contributed by atoms with Crippen LogP contribution in [0.5, 0.6) is 0 Å². The second-order valence-electron chi connectivity index (χ2n) is 9.03. The third kappa shape index (κ3) is 5.33. The standard InChI is InChI=1S/C27H24Cl2F3NO/c1-26(2,34)24(19-4-3-5-21(14-19)27(30,31)32)20-15-33(16-20)25(17-6-10-22(28)11-7-17)18-8-12-23(29)13-9-18/h3-14,25,34H,15-16H2,1-2H3. The van der Waals surface area contributed by atoms with Crippen molar-refractivity contribution in [3.8, 4) is 0 Å². The van der Waals surface area contributed by atoms with E-state index in [0.717, 1.165) is 28.8 Å². The Labute approximate surface area is 207 Å². The average Bonchev–Trinajstić information content (AvgIpc) is 2.73. The van der Waals surface area contributed by atoms with E-state index < -0.39 is 17.3 Å². The molecular weight excluding hydrogens is 482 g/mol. The summed E-state index contributed by atoms with van der Waals surface area (Å²) in [6.07, 6.45) is -4.45. The van der Waals surface area contributed by atoms with Crippen LogP contribution in [0.2, 0.25) is 10.0 Å². The Morgan fingerprint density at radius 2 is 1.35 bits per heavy atom. The molecule has 1 heterocycles. The lowest BCUT2D eigenvalue weighted by atomic mass is 9.82. The molecule has 0 atom stereocenters. The maximum atomic E-state index is 13.3. The molecule has 0 bridgehead atoms. The number of hydrogen-bond acceptors (Lipinski definition) is 2. The van der Waals surface area contributed by atoms with E-state index >= 15 is 0 Å². The topological polar surface area (TPSA) is 23.5 Å². The maximum absolute atomic E-state index is 13.3. The Morgan fingerprint density at radius 3 is 1.79 bits per heavy atom. The first-order chi connectivity index (χ1) is 15.9. The van der Waals surface area contributed by atoms with Gasteiger partial charge in [-0.05, 0) is 78.1 Å². The highest BCUT2D eigenvalue weighted by Gasteiger charge is 2.37. The van der Waals surface area contributed by atoms with Crippen LogP contribution in [0.15, 0.2) is 78.4 Å². The van der Waals surface area contributed by atoms with Gasteiger partial charge in [0.25, 0.3) is 0 Å². The Balaban J connectivity index is 1.71. The summed E-state index contributed by atoms with van der Waals surface area (Å²) in [7, 11) is 0. The van der Waals surface area contributed by atoms with Crippen LogP contribution in [0.4, 0.5) is 13.2 Å². The SMILES string of the molecule is CC(C)(O)C(=C1CN(C(c2ccc(Cl)cc2)c2ccc(Cl)cc2)C1)c1cccc(C(F)(F)F)c1. The molecule has 4 rings (SSSR count). The van der Waals surface area contributed by atoms with E-state index in [1.165, 1.54) is 6.07 Å². The molecule has 0 radical (unpaired) electrons. The number of rotatable bonds is 5. The third-order valence-corrected chi connectivity index (χ3v) is 6.47. The molecule has 0 unspecified atom stereocenters. The smallest absolute Gasteiger partial charge is 0.386 e.